The molecule has 1 atom stereocenters. The Morgan fingerprint density at radius 3 is 2.63 bits per heavy atom. The standard InChI is InChI=1S/C15H14BrFO2/c1-9-6-7-14(12(16)8-9)19-15-11(10(2)18)4-3-5-13(15)17/h3-8,10,18H,1-2H3/t10-/m0/s1. The van der Waals surface area contributed by atoms with E-state index >= 15 is 0 Å². The first-order valence-electron chi connectivity index (χ1n) is 5.89. The fourth-order valence-corrected chi connectivity index (χ4v) is 2.33. The Hall–Kier alpha value is -1.39. The molecule has 0 unspecified atom stereocenters. The maximum absolute atomic E-state index is 13.9. The SMILES string of the molecule is Cc1ccc(Oc2c(F)cccc2[C@H](C)O)c(Br)c1. The monoisotopic (exact) mass is 324 g/mol. The molecule has 0 saturated carbocycles. The third kappa shape index (κ3) is 3.14. The van der Waals surface area contributed by atoms with Gasteiger partial charge in [-0.15, -0.1) is 0 Å². The second-order valence-corrected chi connectivity index (χ2v) is 5.22. The molecular weight excluding hydrogens is 311 g/mol. The molecule has 0 amide bonds. The average Bonchev–Trinajstić information content (AvgIpc) is 2.34. The largest absolute Gasteiger partial charge is 0.453 e. The minimum atomic E-state index is -0.796. The van der Waals surface area contributed by atoms with Crippen LogP contribution in [0.25, 0.3) is 0 Å². The van der Waals surface area contributed by atoms with E-state index in [0.29, 0.717) is 11.3 Å². The molecule has 0 bridgehead atoms. The Kier molecular flexibility index (Phi) is 4.22. The van der Waals surface area contributed by atoms with Gasteiger partial charge < -0.3 is 9.84 Å². The summed E-state index contributed by atoms with van der Waals surface area (Å²) in [5, 5.41) is 9.66. The summed E-state index contributed by atoms with van der Waals surface area (Å²) in [7, 11) is 0. The zero-order valence-corrected chi connectivity index (χ0v) is 12.2. The van der Waals surface area contributed by atoms with Gasteiger partial charge in [-0.25, -0.2) is 4.39 Å². The molecule has 0 aromatic heterocycles. The highest BCUT2D eigenvalue weighted by Crippen LogP contribution is 2.35. The average molecular weight is 325 g/mol. The van der Waals surface area contributed by atoms with Crippen LogP contribution in [0.4, 0.5) is 4.39 Å². The second kappa shape index (κ2) is 5.72. The second-order valence-electron chi connectivity index (χ2n) is 4.37. The van der Waals surface area contributed by atoms with Gasteiger partial charge in [0.25, 0.3) is 0 Å². The molecule has 4 heteroatoms. The molecule has 100 valence electrons. The van der Waals surface area contributed by atoms with Gasteiger partial charge in [0.2, 0.25) is 0 Å². The van der Waals surface area contributed by atoms with Crippen LogP contribution in [0.3, 0.4) is 0 Å². The number of aliphatic hydroxyl groups excluding tert-OH is 1. The Bertz CT molecular complexity index is 597. The van der Waals surface area contributed by atoms with E-state index in [1.165, 1.54) is 6.07 Å². The van der Waals surface area contributed by atoms with E-state index in [2.05, 4.69) is 15.9 Å². The van der Waals surface area contributed by atoms with Gasteiger partial charge in [0, 0.05) is 5.56 Å². The van der Waals surface area contributed by atoms with Crippen molar-refractivity contribution in [2.75, 3.05) is 0 Å². The van der Waals surface area contributed by atoms with Gasteiger partial charge in [-0.3, -0.25) is 0 Å². The third-order valence-electron chi connectivity index (χ3n) is 2.75. The molecule has 2 nitrogen and oxygen atoms in total. The first-order valence-corrected chi connectivity index (χ1v) is 6.69. The quantitative estimate of drug-likeness (QED) is 0.883. The van der Waals surface area contributed by atoms with Gasteiger partial charge in [0.1, 0.15) is 5.75 Å². The van der Waals surface area contributed by atoms with Crippen molar-refractivity contribution in [2.24, 2.45) is 0 Å². The van der Waals surface area contributed by atoms with Crippen molar-refractivity contribution in [3.63, 3.8) is 0 Å². The van der Waals surface area contributed by atoms with Crippen LogP contribution in [0.15, 0.2) is 40.9 Å². The van der Waals surface area contributed by atoms with Crippen LogP contribution in [-0.4, -0.2) is 5.11 Å². The Morgan fingerprint density at radius 2 is 2.00 bits per heavy atom. The molecule has 0 heterocycles. The molecule has 2 rings (SSSR count). The number of aliphatic hydroxyl groups is 1. The summed E-state index contributed by atoms with van der Waals surface area (Å²) in [6.07, 6.45) is -0.796. The Balaban J connectivity index is 2.43. The van der Waals surface area contributed by atoms with E-state index in [1.807, 2.05) is 19.1 Å². The lowest BCUT2D eigenvalue weighted by atomic mass is 10.1. The highest BCUT2D eigenvalue weighted by molar-refractivity contribution is 9.10. The molecule has 2 aromatic rings. The van der Waals surface area contributed by atoms with Crippen molar-refractivity contribution in [2.45, 2.75) is 20.0 Å². The van der Waals surface area contributed by atoms with Crippen molar-refractivity contribution < 1.29 is 14.2 Å². The lowest BCUT2D eigenvalue weighted by molar-refractivity contribution is 0.194. The number of para-hydroxylation sites is 1. The van der Waals surface area contributed by atoms with Gasteiger partial charge in [0.15, 0.2) is 11.6 Å². The first-order chi connectivity index (χ1) is 8.99. The summed E-state index contributed by atoms with van der Waals surface area (Å²) in [6, 6.07) is 10.0. The molecule has 1 N–H and O–H groups in total. The van der Waals surface area contributed by atoms with E-state index in [-0.39, 0.29) is 5.75 Å². The number of ether oxygens (including phenoxy) is 1. The van der Waals surface area contributed by atoms with Crippen LogP contribution in [-0.2, 0) is 0 Å². The highest BCUT2D eigenvalue weighted by atomic mass is 79.9. The summed E-state index contributed by atoms with van der Waals surface area (Å²) in [4.78, 5) is 0. The third-order valence-corrected chi connectivity index (χ3v) is 3.37. The molecule has 0 fully saturated rings. The number of hydrogen-bond acceptors (Lipinski definition) is 2. The smallest absolute Gasteiger partial charge is 0.168 e. The van der Waals surface area contributed by atoms with Gasteiger partial charge in [-0.2, -0.15) is 0 Å². The molecular formula is C15H14BrFO2. The van der Waals surface area contributed by atoms with Crippen LogP contribution in [0.1, 0.15) is 24.2 Å². The van der Waals surface area contributed by atoms with Crippen LogP contribution in [0, 0.1) is 12.7 Å². The molecule has 19 heavy (non-hydrogen) atoms. The van der Waals surface area contributed by atoms with Crippen LogP contribution >= 0.6 is 15.9 Å². The molecule has 0 radical (unpaired) electrons. The van der Waals surface area contributed by atoms with E-state index in [4.69, 9.17) is 4.74 Å². The normalized spacial score (nSPS) is 12.3. The van der Waals surface area contributed by atoms with Gasteiger partial charge >= 0.3 is 0 Å². The van der Waals surface area contributed by atoms with E-state index in [1.54, 1.807) is 25.1 Å². The maximum Gasteiger partial charge on any atom is 0.168 e. The van der Waals surface area contributed by atoms with Crippen molar-refractivity contribution in [3.05, 3.63) is 57.8 Å². The molecule has 0 aliphatic rings. The predicted molar refractivity (Wildman–Crippen MR) is 76.0 cm³/mol. The maximum atomic E-state index is 13.9. The van der Waals surface area contributed by atoms with E-state index in [9.17, 15) is 9.50 Å². The summed E-state index contributed by atoms with van der Waals surface area (Å²) in [5.41, 5.74) is 1.50. The number of hydrogen-bond donors (Lipinski definition) is 1. The molecule has 2 aromatic carbocycles. The zero-order chi connectivity index (χ0) is 14.0. The Labute approximate surface area is 120 Å². The van der Waals surface area contributed by atoms with Crippen LogP contribution < -0.4 is 4.74 Å². The lowest BCUT2D eigenvalue weighted by Crippen LogP contribution is -1.99. The van der Waals surface area contributed by atoms with Crippen LogP contribution in [0.2, 0.25) is 0 Å². The fraction of sp³-hybridized carbons (Fsp3) is 0.200. The molecule has 0 saturated heterocycles. The van der Waals surface area contributed by atoms with Crippen molar-refractivity contribution in [1.29, 1.82) is 0 Å². The van der Waals surface area contributed by atoms with Crippen molar-refractivity contribution in [1.82, 2.24) is 0 Å². The molecule has 0 aliphatic heterocycles. The molecule has 0 spiro atoms. The topological polar surface area (TPSA) is 29.5 Å². The van der Waals surface area contributed by atoms with Crippen molar-refractivity contribution >= 4 is 15.9 Å². The van der Waals surface area contributed by atoms with Gasteiger partial charge in [-0.05, 0) is 53.5 Å². The summed E-state index contributed by atoms with van der Waals surface area (Å²) >= 11 is 3.38. The van der Waals surface area contributed by atoms with Gasteiger partial charge in [-0.1, -0.05) is 18.2 Å². The van der Waals surface area contributed by atoms with Crippen molar-refractivity contribution in [3.8, 4) is 11.5 Å². The number of halogens is 2. The van der Waals surface area contributed by atoms with E-state index < -0.39 is 11.9 Å². The molecule has 0 aliphatic carbocycles. The number of aryl methyl sites for hydroxylation is 1. The minimum absolute atomic E-state index is 0.0575. The first kappa shape index (κ1) is 14.0. The van der Waals surface area contributed by atoms with Gasteiger partial charge in [0.05, 0.1) is 10.6 Å². The lowest BCUT2D eigenvalue weighted by Gasteiger charge is -2.15. The highest BCUT2D eigenvalue weighted by Gasteiger charge is 2.15. The van der Waals surface area contributed by atoms with Crippen LogP contribution in [0.5, 0.6) is 11.5 Å². The Morgan fingerprint density at radius 1 is 1.26 bits per heavy atom. The van der Waals surface area contributed by atoms with E-state index in [0.717, 1.165) is 10.0 Å². The summed E-state index contributed by atoms with van der Waals surface area (Å²) in [6.45, 7) is 3.53. The fourth-order valence-electron chi connectivity index (χ4n) is 1.76. The minimum Gasteiger partial charge on any atom is -0.453 e. The summed E-state index contributed by atoms with van der Waals surface area (Å²) < 4.78 is 20.2. The summed E-state index contributed by atoms with van der Waals surface area (Å²) in [5.74, 6) is 0.0746. The zero-order valence-electron chi connectivity index (χ0n) is 10.7. The number of rotatable bonds is 3. The predicted octanol–water partition coefficient (Wildman–Crippen LogP) is 4.74. The number of benzene rings is 2.